The van der Waals surface area contributed by atoms with Gasteiger partial charge in [-0.15, -0.1) is 0 Å². The van der Waals surface area contributed by atoms with E-state index in [2.05, 4.69) is 21.1 Å². The minimum Gasteiger partial charge on any atom is -0.354 e. The molecule has 1 atom stereocenters. The molecule has 0 amide bonds. The van der Waals surface area contributed by atoms with Crippen LogP contribution in [-0.2, 0) is 0 Å². The van der Waals surface area contributed by atoms with E-state index in [-0.39, 0.29) is 0 Å². The summed E-state index contributed by atoms with van der Waals surface area (Å²) in [7, 11) is 0. The van der Waals surface area contributed by atoms with E-state index < -0.39 is 0 Å². The highest BCUT2D eigenvalue weighted by atomic mass is 15.3. The topological polar surface area (TPSA) is 70.6 Å². The van der Waals surface area contributed by atoms with E-state index in [9.17, 15) is 0 Å². The molecule has 6 nitrogen and oxygen atoms in total. The fourth-order valence-corrected chi connectivity index (χ4v) is 2.84. The lowest BCUT2D eigenvalue weighted by molar-refractivity contribution is 0.494. The number of anilines is 1. The molecule has 1 unspecified atom stereocenters. The summed E-state index contributed by atoms with van der Waals surface area (Å²) in [5.74, 6) is 2.58. The Kier molecular flexibility index (Phi) is 2.85. The molecule has 0 bridgehead atoms. The van der Waals surface area contributed by atoms with Crippen LogP contribution >= 0.6 is 0 Å². The Labute approximate surface area is 123 Å². The average molecular weight is 280 g/mol. The van der Waals surface area contributed by atoms with Crippen molar-refractivity contribution >= 4 is 5.82 Å². The van der Waals surface area contributed by atoms with Gasteiger partial charge >= 0.3 is 0 Å². The van der Waals surface area contributed by atoms with Crippen molar-refractivity contribution < 1.29 is 0 Å². The maximum atomic E-state index is 8.88. The molecule has 3 heterocycles. The van der Waals surface area contributed by atoms with E-state index in [1.807, 2.05) is 23.1 Å². The van der Waals surface area contributed by atoms with E-state index in [0.717, 1.165) is 31.2 Å². The largest absolute Gasteiger partial charge is 0.354 e. The normalized spacial score (nSPS) is 21.5. The molecule has 1 aliphatic heterocycles. The molecule has 2 fully saturated rings. The van der Waals surface area contributed by atoms with E-state index in [1.54, 1.807) is 6.20 Å². The maximum absolute atomic E-state index is 8.88. The standard InChI is InChI=1S/C15H16N6/c16-7-11-8-18-21(9-11)13-4-6-20(10-13)14-3-5-17-15(19-14)12-1-2-12/h3,5,8-9,12-13H,1-2,4,6,10H2. The van der Waals surface area contributed by atoms with E-state index in [0.29, 0.717) is 17.5 Å². The van der Waals surface area contributed by atoms with Crippen LogP contribution < -0.4 is 4.90 Å². The van der Waals surface area contributed by atoms with Gasteiger partial charge < -0.3 is 4.90 Å². The molecule has 2 aliphatic rings. The predicted molar refractivity (Wildman–Crippen MR) is 76.8 cm³/mol. The quantitative estimate of drug-likeness (QED) is 0.858. The highest BCUT2D eigenvalue weighted by Gasteiger charge is 2.29. The van der Waals surface area contributed by atoms with Crippen LogP contribution in [0.4, 0.5) is 5.82 Å². The molecule has 1 saturated carbocycles. The molecule has 4 rings (SSSR count). The summed E-state index contributed by atoms with van der Waals surface area (Å²) in [6.45, 7) is 1.85. The third-order valence-electron chi connectivity index (χ3n) is 4.19. The van der Waals surface area contributed by atoms with Gasteiger partial charge in [-0.1, -0.05) is 0 Å². The summed E-state index contributed by atoms with van der Waals surface area (Å²) >= 11 is 0. The van der Waals surface area contributed by atoms with Crippen molar-refractivity contribution in [1.29, 1.82) is 5.26 Å². The van der Waals surface area contributed by atoms with Crippen molar-refractivity contribution in [3.63, 3.8) is 0 Å². The van der Waals surface area contributed by atoms with E-state index in [1.165, 1.54) is 12.8 Å². The summed E-state index contributed by atoms with van der Waals surface area (Å²) in [5, 5.41) is 13.2. The van der Waals surface area contributed by atoms with Gasteiger partial charge in [0.15, 0.2) is 0 Å². The van der Waals surface area contributed by atoms with Gasteiger partial charge in [0.2, 0.25) is 0 Å². The first-order valence-corrected chi connectivity index (χ1v) is 7.35. The van der Waals surface area contributed by atoms with E-state index >= 15 is 0 Å². The fourth-order valence-electron chi connectivity index (χ4n) is 2.84. The van der Waals surface area contributed by atoms with Crippen molar-refractivity contribution in [2.24, 2.45) is 0 Å². The molecule has 1 aliphatic carbocycles. The molecule has 6 heteroatoms. The van der Waals surface area contributed by atoms with Crippen molar-refractivity contribution in [2.45, 2.75) is 31.2 Å². The zero-order valence-electron chi connectivity index (χ0n) is 11.7. The Balaban J connectivity index is 1.50. The third-order valence-corrected chi connectivity index (χ3v) is 4.19. The van der Waals surface area contributed by atoms with Crippen LogP contribution in [0.15, 0.2) is 24.7 Å². The van der Waals surface area contributed by atoms with Crippen LogP contribution in [0.2, 0.25) is 0 Å². The zero-order valence-corrected chi connectivity index (χ0v) is 11.7. The van der Waals surface area contributed by atoms with Crippen LogP contribution in [0.25, 0.3) is 0 Å². The lowest BCUT2D eigenvalue weighted by Crippen LogP contribution is -2.22. The van der Waals surface area contributed by atoms with Crippen LogP contribution in [0.3, 0.4) is 0 Å². The molecule has 0 spiro atoms. The van der Waals surface area contributed by atoms with Gasteiger partial charge in [-0.3, -0.25) is 4.68 Å². The molecule has 21 heavy (non-hydrogen) atoms. The third kappa shape index (κ3) is 2.35. The van der Waals surface area contributed by atoms with Gasteiger partial charge in [-0.05, 0) is 25.3 Å². The minimum atomic E-state index is 0.312. The molecular formula is C15H16N6. The summed E-state index contributed by atoms with van der Waals surface area (Å²) in [5.41, 5.74) is 0.617. The Morgan fingerprint density at radius 2 is 2.19 bits per heavy atom. The average Bonchev–Trinajstić information content (AvgIpc) is 3.07. The van der Waals surface area contributed by atoms with Gasteiger partial charge in [0, 0.05) is 31.4 Å². The second-order valence-electron chi connectivity index (χ2n) is 5.76. The second kappa shape index (κ2) is 4.85. The van der Waals surface area contributed by atoms with Crippen LogP contribution in [0.5, 0.6) is 0 Å². The highest BCUT2D eigenvalue weighted by molar-refractivity contribution is 5.39. The van der Waals surface area contributed by atoms with Crippen molar-refractivity contribution in [1.82, 2.24) is 19.7 Å². The van der Waals surface area contributed by atoms with Gasteiger partial charge in [0.25, 0.3) is 0 Å². The lowest BCUT2D eigenvalue weighted by atomic mass is 10.3. The number of aromatic nitrogens is 4. The molecule has 0 aromatic carbocycles. The summed E-state index contributed by atoms with van der Waals surface area (Å²) < 4.78 is 1.90. The monoisotopic (exact) mass is 280 g/mol. The molecule has 1 saturated heterocycles. The van der Waals surface area contributed by atoms with Crippen molar-refractivity contribution in [3.8, 4) is 6.07 Å². The smallest absolute Gasteiger partial charge is 0.133 e. The molecule has 2 aromatic heterocycles. The zero-order chi connectivity index (χ0) is 14.2. The van der Waals surface area contributed by atoms with Crippen LogP contribution in [-0.4, -0.2) is 32.8 Å². The lowest BCUT2D eigenvalue weighted by Gasteiger charge is -2.18. The Morgan fingerprint density at radius 3 is 2.95 bits per heavy atom. The highest BCUT2D eigenvalue weighted by Crippen LogP contribution is 2.38. The minimum absolute atomic E-state index is 0.312. The second-order valence-corrected chi connectivity index (χ2v) is 5.76. The van der Waals surface area contributed by atoms with E-state index in [4.69, 9.17) is 10.2 Å². The molecule has 0 N–H and O–H groups in total. The van der Waals surface area contributed by atoms with Gasteiger partial charge in [-0.25, -0.2) is 9.97 Å². The Bertz CT molecular complexity index is 696. The summed E-state index contributed by atoms with van der Waals surface area (Å²) in [6, 6.07) is 4.42. The SMILES string of the molecule is N#Cc1cnn(C2CCN(c3ccnc(C4CC4)n3)C2)c1. The number of hydrogen-bond acceptors (Lipinski definition) is 5. The van der Waals surface area contributed by atoms with Gasteiger partial charge in [0.05, 0.1) is 17.8 Å². The summed E-state index contributed by atoms with van der Waals surface area (Å²) in [6.07, 6.45) is 8.77. The first-order chi connectivity index (χ1) is 10.3. The number of rotatable bonds is 3. The number of nitriles is 1. The van der Waals surface area contributed by atoms with Gasteiger partial charge in [-0.2, -0.15) is 10.4 Å². The van der Waals surface area contributed by atoms with Crippen molar-refractivity contribution in [3.05, 3.63) is 36.0 Å². The Morgan fingerprint density at radius 1 is 1.29 bits per heavy atom. The summed E-state index contributed by atoms with van der Waals surface area (Å²) in [4.78, 5) is 11.4. The first kappa shape index (κ1) is 12.3. The Hall–Kier alpha value is -2.42. The number of hydrogen-bond donors (Lipinski definition) is 0. The van der Waals surface area contributed by atoms with Crippen LogP contribution in [0.1, 0.15) is 42.6 Å². The van der Waals surface area contributed by atoms with Crippen LogP contribution in [0, 0.1) is 11.3 Å². The maximum Gasteiger partial charge on any atom is 0.133 e. The van der Waals surface area contributed by atoms with Gasteiger partial charge in [0.1, 0.15) is 17.7 Å². The number of nitrogens with zero attached hydrogens (tertiary/aromatic N) is 6. The molecule has 0 radical (unpaired) electrons. The molecular weight excluding hydrogens is 264 g/mol. The first-order valence-electron chi connectivity index (χ1n) is 7.35. The predicted octanol–water partition coefficient (Wildman–Crippen LogP) is 1.87. The fraction of sp³-hybridized carbons (Fsp3) is 0.467. The van der Waals surface area contributed by atoms with Crippen molar-refractivity contribution in [2.75, 3.05) is 18.0 Å². The molecule has 106 valence electrons. The molecule has 2 aromatic rings.